The Bertz CT molecular complexity index is 2180. The molecule has 0 aliphatic carbocycles. The van der Waals surface area contributed by atoms with Gasteiger partial charge in [-0.25, -0.2) is 9.59 Å². The first kappa shape index (κ1) is 44.5. The van der Waals surface area contributed by atoms with Gasteiger partial charge in [-0.3, -0.25) is 0 Å². The SMILES string of the molecule is CCCCCCCCc1ccc2c(OC(=O)OCCCC)c3ccccc3c(-c3c4ccccc4c(OC(=O)OCCCC)c4ccc(CCCCCCCC)cc34)c2c1. The number of aryl methyl sites for hydroxylation is 2. The molecule has 0 saturated heterocycles. The van der Waals surface area contributed by atoms with Gasteiger partial charge in [-0.05, 0) is 82.3 Å². The van der Waals surface area contributed by atoms with E-state index >= 15 is 0 Å². The lowest BCUT2D eigenvalue weighted by Crippen LogP contribution is -2.12. The average Bonchev–Trinajstić information content (AvgIpc) is 3.26. The Morgan fingerprint density at radius 1 is 0.383 bits per heavy atom. The second-order valence-corrected chi connectivity index (χ2v) is 16.4. The van der Waals surface area contributed by atoms with Crippen molar-refractivity contribution in [3.63, 3.8) is 0 Å². The van der Waals surface area contributed by atoms with Crippen LogP contribution in [-0.4, -0.2) is 25.5 Å². The maximum absolute atomic E-state index is 13.3. The molecule has 0 aromatic heterocycles. The van der Waals surface area contributed by atoms with E-state index in [4.69, 9.17) is 18.9 Å². The fraction of sp³-hybridized carbons (Fsp3) is 0.444. The smallest absolute Gasteiger partial charge is 0.434 e. The van der Waals surface area contributed by atoms with Crippen molar-refractivity contribution >= 4 is 55.4 Å². The molecule has 6 nitrogen and oxygen atoms in total. The molecule has 0 bridgehead atoms. The van der Waals surface area contributed by atoms with E-state index in [1.807, 2.05) is 24.3 Å². The molecule has 60 heavy (non-hydrogen) atoms. The van der Waals surface area contributed by atoms with Gasteiger partial charge in [0.1, 0.15) is 11.5 Å². The zero-order chi connectivity index (χ0) is 42.1. The molecule has 0 radical (unpaired) electrons. The van der Waals surface area contributed by atoms with Crippen LogP contribution in [0.1, 0.15) is 142 Å². The third kappa shape index (κ3) is 11.2. The van der Waals surface area contributed by atoms with Crippen LogP contribution in [0.2, 0.25) is 0 Å². The molecule has 0 N–H and O–H groups in total. The minimum absolute atomic E-state index is 0.311. The quantitative estimate of drug-likeness (QED) is 0.0278. The van der Waals surface area contributed by atoms with Crippen LogP contribution in [0.25, 0.3) is 54.2 Å². The van der Waals surface area contributed by atoms with Crippen LogP contribution < -0.4 is 9.47 Å². The Labute approximate surface area is 357 Å². The van der Waals surface area contributed by atoms with Crippen molar-refractivity contribution in [3.05, 3.63) is 96.1 Å². The van der Waals surface area contributed by atoms with Crippen LogP contribution in [0.15, 0.2) is 84.9 Å². The third-order valence-electron chi connectivity index (χ3n) is 11.8. The van der Waals surface area contributed by atoms with Crippen molar-refractivity contribution in [3.8, 4) is 22.6 Å². The largest absolute Gasteiger partial charge is 0.513 e. The summed E-state index contributed by atoms with van der Waals surface area (Å²) in [5, 5.41) is 7.32. The lowest BCUT2D eigenvalue weighted by Gasteiger charge is -2.22. The number of carbonyl (C=O) groups is 2. The van der Waals surface area contributed by atoms with Gasteiger partial charge in [0.05, 0.1) is 13.2 Å². The van der Waals surface area contributed by atoms with E-state index in [-0.39, 0.29) is 0 Å². The summed E-state index contributed by atoms with van der Waals surface area (Å²) in [5.41, 5.74) is 4.62. The second kappa shape index (κ2) is 23.0. The Balaban J connectivity index is 1.59. The Kier molecular flexibility index (Phi) is 17.1. The fourth-order valence-electron chi connectivity index (χ4n) is 8.48. The van der Waals surface area contributed by atoms with E-state index in [1.54, 1.807) is 0 Å². The first-order chi connectivity index (χ1) is 29.5. The number of ether oxygens (including phenoxy) is 4. The molecule has 0 atom stereocenters. The maximum Gasteiger partial charge on any atom is 0.513 e. The summed E-state index contributed by atoms with van der Waals surface area (Å²) < 4.78 is 23.5. The number of carbonyl (C=O) groups excluding carboxylic acids is 2. The van der Waals surface area contributed by atoms with Crippen LogP contribution >= 0.6 is 0 Å². The highest BCUT2D eigenvalue weighted by atomic mass is 16.7. The van der Waals surface area contributed by atoms with Gasteiger partial charge >= 0.3 is 12.3 Å². The molecule has 0 saturated carbocycles. The van der Waals surface area contributed by atoms with E-state index in [0.717, 1.165) is 106 Å². The van der Waals surface area contributed by atoms with Gasteiger partial charge in [-0.1, -0.05) is 190 Å². The molecule has 0 amide bonds. The molecule has 0 aliphatic rings. The van der Waals surface area contributed by atoms with Crippen LogP contribution in [-0.2, 0) is 22.3 Å². The van der Waals surface area contributed by atoms with E-state index in [2.05, 4.69) is 88.4 Å². The van der Waals surface area contributed by atoms with E-state index < -0.39 is 12.3 Å². The molecule has 6 rings (SSSR count). The van der Waals surface area contributed by atoms with Crippen LogP contribution in [0, 0.1) is 0 Å². The summed E-state index contributed by atoms with van der Waals surface area (Å²) in [6, 6.07) is 29.7. The summed E-state index contributed by atoms with van der Waals surface area (Å²) in [7, 11) is 0. The summed E-state index contributed by atoms with van der Waals surface area (Å²) in [6.45, 7) is 9.27. The first-order valence-electron chi connectivity index (χ1n) is 23.1. The van der Waals surface area contributed by atoms with Gasteiger partial charge in [0.2, 0.25) is 0 Å². The van der Waals surface area contributed by atoms with Crippen molar-refractivity contribution in [1.29, 1.82) is 0 Å². The number of hydrogen-bond donors (Lipinski definition) is 0. The van der Waals surface area contributed by atoms with Gasteiger partial charge in [0, 0.05) is 21.5 Å². The fourth-order valence-corrected chi connectivity index (χ4v) is 8.48. The molecular formula is C54H66O6. The minimum Gasteiger partial charge on any atom is -0.434 e. The van der Waals surface area contributed by atoms with E-state index in [0.29, 0.717) is 24.7 Å². The van der Waals surface area contributed by atoms with Crippen molar-refractivity contribution in [1.82, 2.24) is 0 Å². The van der Waals surface area contributed by atoms with Gasteiger partial charge in [-0.15, -0.1) is 0 Å². The standard InChI is InChI=1S/C54H66O6/c1-5-9-13-15-17-19-25-39-31-33-45-47(37-39)49(41-27-21-23-29-43(41)51(45)59-53(55)57-35-11-7-3)50-42-28-22-24-30-44(42)52(60-54(56)58-36-12-8-4)46-34-32-40(38-48(46)50)26-20-18-16-14-10-6-2/h21-24,27-34,37-38H,5-20,25-26,35-36H2,1-4H3. The van der Waals surface area contributed by atoms with Crippen molar-refractivity contribution in [2.45, 2.75) is 143 Å². The predicted molar refractivity (Wildman–Crippen MR) is 250 cm³/mol. The molecule has 0 unspecified atom stereocenters. The van der Waals surface area contributed by atoms with Gasteiger partial charge in [-0.2, -0.15) is 0 Å². The van der Waals surface area contributed by atoms with E-state index in [9.17, 15) is 9.59 Å². The molecule has 6 heteroatoms. The Morgan fingerprint density at radius 2 is 0.733 bits per heavy atom. The molecule has 0 aliphatic heterocycles. The lowest BCUT2D eigenvalue weighted by atomic mass is 9.84. The zero-order valence-corrected chi connectivity index (χ0v) is 36.7. The first-order valence-corrected chi connectivity index (χ1v) is 23.1. The van der Waals surface area contributed by atoms with Crippen LogP contribution in [0.3, 0.4) is 0 Å². The Morgan fingerprint density at radius 3 is 1.13 bits per heavy atom. The van der Waals surface area contributed by atoms with Crippen molar-refractivity contribution in [2.24, 2.45) is 0 Å². The van der Waals surface area contributed by atoms with Crippen molar-refractivity contribution < 1.29 is 28.5 Å². The van der Waals surface area contributed by atoms with Gasteiger partial charge < -0.3 is 18.9 Å². The highest BCUT2D eigenvalue weighted by molar-refractivity contribution is 6.27. The summed E-state index contributed by atoms with van der Waals surface area (Å²) in [5.74, 6) is 1.01. The molecule has 318 valence electrons. The number of unbranched alkanes of at least 4 members (excludes halogenated alkanes) is 12. The zero-order valence-electron chi connectivity index (χ0n) is 36.7. The number of benzene rings is 6. The number of hydrogen-bond acceptors (Lipinski definition) is 6. The molecule has 0 spiro atoms. The molecular weight excluding hydrogens is 745 g/mol. The van der Waals surface area contributed by atoms with Crippen LogP contribution in [0.4, 0.5) is 9.59 Å². The normalized spacial score (nSPS) is 11.5. The van der Waals surface area contributed by atoms with E-state index in [1.165, 1.54) is 75.3 Å². The summed E-state index contributed by atoms with van der Waals surface area (Å²) in [6.07, 6.45) is 18.6. The minimum atomic E-state index is -0.693. The second-order valence-electron chi connectivity index (χ2n) is 16.4. The number of rotatable bonds is 23. The van der Waals surface area contributed by atoms with Crippen LogP contribution in [0.5, 0.6) is 11.5 Å². The summed E-state index contributed by atoms with van der Waals surface area (Å²) >= 11 is 0. The topological polar surface area (TPSA) is 71.1 Å². The molecule has 6 aromatic carbocycles. The number of fused-ring (bicyclic) bond motifs is 4. The molecule has 0 fully saturated rings. The Hall–Kier alpha value is -5.10. The van der Waals surface area contributed by atoms with Gasteiger partial charge in [0.15, 0.2) is 0 Å². The molecule has 6 aromatic rings. The predicted octanol–water partition coefficient (Wildman–Crippen LogP) is 16.4. The van der Waals surface area contributed by atoms with Crippen molar-refractivity contribution in [2.75, 3.05) is 13.2 Å². The highest BCUT2D eigenvalue weighted by Gasteiger charge is 2.25. The lowest BCUT2D eigenvalue weighted by molar-refractivity contribution is 0.0977. The molecule has 0 heterocycles. The average molecular weight is 811 g/mol. The third-order valence-corrected chi connectivity index (χ3v) is 11.8. The van der Waals surface area contributed by atoms with Gasteiger partial charge in [0.25, 0.3) is 0 Å². The maximum atomic E-state index is 13.3. The summed E-state index contributed by atoms with van der Waals surface area (Å²) in [4.78, 5) is 26.6. The highest BCUT2D eigenvalue weighted by Crippen LogP contribution is 2.50. The monoisotopic (exact) mass is 810 g/mol.